The lowest BCUT2D eigenvalue weighted by molar-refractivity contribution is -0.141. The molecule has 52 heavy (non-hydrogen) atoms. The highest BCUT2D eigenvalue weighted by Crippen LogP contribution is 2.45. The SMILES string of the molecule is C=C[C@@H]1C[C@]1(NC(=O)[C@@H]1C[C@@H]2CN1C(=O)[C@H](Cc1c[nH]c3ccccc13)NC(=O)OCCC/C=C/c1ccc3ccnc(c3c1)O2)C(=O)NC1CC1. The van der Waals surface area contributed by atoms with Gasteiger partial charge in [0.25, 0.3) is 0 Å². The topological polar surface area (TPSA) is 155 Å². The summed E-state index contributed by atoms with van der Waals surface area (Å²) in [4.78, 5) is 65.0. The van der Waals surface area contributed by atoms with E-state index in [-0.39, 0.29) is 43.9 Å². The Morgan fingerprint density at radius 2 is 1.98 bits per heavy atom. The predicted molar refractivity (Wildman–Crippen MR) is 195 cm³/mol. The minimum Gasteiger partial charge on any atom is -0.472 e. The van der Waals surface area contributed by atoms with Crippen molar-refractivity contribution in [3.63, 3.8) is 0 Å². The smallest absolute Gasteiger partial charge is 0.407 e. The van der Waals surface area contributed by atoms with Crippen LogP contribution in [-0.4, -0.2) is 81.6 Å². The average molecular weight is 703 g/mol. The summed E-state index contributed by atoms with van der Waals surface area (Å²) in [7, 11) is 0. The summed E-state index contributed by atoms with van der Waals surface area (Å²) in [5.74, 6) is -0.991. The van der Waals surface area contributed by atoms with Crippen LogP contribution in [0.25, 0.3) is 27.8 Å². The van der Waals surface area contributed by atoms with E-state index in [0.717, 1.165) is 45.6 Å². The van der Waals surface area contributed by atoms with Crippen LogP contribution in [0.15, 0.2) is 79.7 Å². The largest absolute Gasteiger partial charge is 0.472 e. The molecular formula is C40H42N6O6. The van der Waals surface area contributed by atoms with Gasteiger partial charge in [-0.25, -0.2) is 9.78 Å². The summed E-state index contributed by atoms with van der Waals surface area (Å²) in [6, 6.07) is 13.7. The number of aromatic amines is 1. The molecule has 268 valence electrons. The molecule has 4 amide bonds. The zero-order chi connectivity index (χ0) is 35.8. The van der Waals surface area contributed by atoms with Crippen LogP contribution in [0.3, 0.4) is 0 Å². The molecule has 2 aliphatic carbocycles. The molecule has 4 N–H and O–H groups in total. The van der Waals surface area contributed by atoms with Gasteiger partial charge in [-0.2, -0.15) is 0 Å². The normalized spacial score (nSPS) is 26.8. The van der Waals surface area contributed by atoms with Gasteiger partial charge in [0.1, 0.15) is 23.7 Å². The molecule has 2 aliphatic heterocycles. The highest BCUT2D eigenvalue weighted by Gasteiger charge is 2.61. The number of fused-ring (bicyclic) bond motifs is 4. The van der Waals surface area contributed by atoms with Crippen molar-refractivity contribution < 1.29 is 28.7 Å². The van der Waals surface area contributed by atoms with Crippen LogP contribution in [0.4, 0.5) is 4.79 Å². The van der Waals surface area contributed by atoms with Gasteiger partial charge in [0.2, 0.25) is 23.6 Å². The Morgan fingerprint density at radius 3 is 2.81 bits per heavy atom. The van der Waals surface area contributed by atoms with E-state index in [0.29, 0.717) is 25.1 Å². The number of carbonyl (C=O) groups excluding carboxylic acids is 4. The Kier molecular flexibility index (Phi) is 8.90. The summed E-state index contributed by atoms with van der Waals surface area (Å²) in [5.41, 5.74) is 1.55. The maximum absolute atomic E-state index is 14.7. The molecule has 0 unspecified atom stereocenters. The first kappa shape index (κ1) is 33.5. The van der Waals surface area contributed by atoms with Crippen molar-refractivity contribution in [1.29, 1.82) is 0 Å². The molecule has 2 aromatic carbocycles. The third-order valence-corrected chi connectivity index (χ3v) is 10.6. The van der Waals surface area contributed by atoms with Gasteiger partial charge in [0.15, 0.2) is 0 Å². The number of para-hydroxylation sites is 1. The number of allylic oxidation sites excluding steroid dienone is 1. The average Bonchev–Trinajstić information content (AvgIpc) is 4.02. The number of rotatable bonds is 7. The number of alkyl carbamates (subject to hydrolysis) is 1. The number of cyclic esters (lactones) is 1. The first-order valence-electron chi connectivity index (χ1n) is 18.1. The van der Waals surface area contributed by atoms with E-state index in [1.165, 1.54) is 4.90 Å². The maximum Gasteiger partial charge on any atom is 0.407 e. The molecule has 4 aliphatic rings. The fourth-order valence-corrected chi connectivity index (χ4v) is 7.46. The van der Waals surface area contributed by atoms with Crippen LogP contribution in [-0.2, 0) is 25.5 Å². The van der Waals surface area contributed by atoms with Crippen molar-refractivity contribution in [2.45, 2.75) is 74.7 Å². The minimum absolute atomic E-state index is 0.0574. The number of amides is 4. The molecule has 8 rings (SSSR count). The van der Waals surface area contributed by atoms with Crippen molar-refractivity contribution >= 4 is 51.6 Å². The van der Waals surface area contributed by atoms with Gasteiger partial charge in [-0.05, 0) is 66.8 Å². The molecule has 2 aromatic heterocycles. The van der Waals surface area contributed by atoms with Gasteiger partial charge in [0.05, 0.1) is 13.2 Å². The van der Waals surface area contributed by atoms with Crippen molar-refractivity contribution in [1.82, 2.24) is 30.8 Å². The van der Waals surface area contributed by atoms with Crippen LogP contribution in [0.5, 0.6) is 5.88 Å². The molecule has 1 saturated heterocycles. The van der Waals surface area contributed by atoms with E-state index >= 15 is 0 Å². The second-order valence-electron chi connectivity index (χ2n) is 14.3. The predicted octanol–water partition coefficient (Wildman–Crippen LogP) is 4.55. The number of nitrogens with zero attached hydrogens (tertiary/aromatic N) is 2. The Hall–Kier alpha value is -5.65. The molecular weight excluding hydrogens is 660 g/mol. The quantitative estimate of drug-likeness (QED) is 0.206. The molecule has 0 radical (unpaired) electrons. The number of hydrogen-bond acceptors (Lipinski definition) is 7. The molecule has 4 heterocycles. The van der Waals surface area contributed by atoms with E-state index in [4.69, 9.17) is 9.47 Å². The number of nitrogens with one attached hydrogen (secondary N) is 4. The van der Waals surface area contributed by atoms with Gasteiger partial charge in [-0.3, -0.25) is 14.4 Å². The Morgan fingerprint density at radius 1 is 1.12 bits per heavy atom. The van der Waals surface area contributed by atoms with Gasteiger partial charge >= 0.3 is 6.09 Å². The van der Waals surface area contributed by atoms with Crippen LogP contribution in [0, 0.1) is 5.92 Å². The first-order chi connectivity index (χ1) is 25.3. The van der Waals surface area contributed by atoms with Crippen molar-refractivity contribution in [3.8, 4) is 5.88 Å². The molecule has 12 nitrogen and oxygen atoms in total. The third-order valence-electron chi connectivity index (χ3n) is 10.6. The standard InChI is InChI=1S/C40H42N6O6/c1-2-27-21-40(27,38(49)43-28-13-14-28)45-35(47)34-20-29-23-46(34)37(48)33(19-26-22-42-32-10-6-5-9-30(26)32)44-39(50)51-17-7-3-4-8-24-11-12-25-15-16-41-36(52-29)31(25)18-24/h2,4-6,8-12,15-16,18,22,27-29,33-34,42H,1,3,7,13-14,17,19-21,23H2,(H,43,49)(H,44,50)(H,45,47)/b8-4+/t27-,29-,33+,34+,40-/m1/s1. The highest BCUT2D eigenvalue weighted by atomic mass is 16.5. The van der Waals surface area contributed by atoms with E-state index in [1.807, 2.05) is 66.9 Å². The van der Waals surface area contributed by atoms with Crippen molar-refractivity contribution in [2.24, 2.45) is 5.92 Å². The van der Waals surface area contributed by atoms with Crippen molar-refractivity contribution in [3.05, 3.63) is 90.8 Å². The van der Waals surface area contributed by atoms with Crippen molar-refractivity contribution in [2.75, 3.05) is 13.2 Å². The first-order valence-corrected chi connectivity index (χ1v) is 18.1. The maximum atomic E-state index is 14.7. The lowest BCUT2D eigenvalue weighted by atomic mass is 10.0. The second kappa shape index (κ2) is 13.8. The van der Waals surface area contributed by atoms with E-state index < -0.39 is 41.6 Å². The number of pyridine rings is 1. The summed E-state index contributed by atoms with van der Waals surface area (Å²) in [6.45, 7) is 4.11. The Balaban J connectivity index is 1.14. The van der Waals surface area contributed by atoms with E-state index in [2.05, 4.69) is 32.5 Å². The lowest BCUT2D eigenvalue weighted by Gasteiger charge is -2.29. The summed E-state index contributed by atoms with van der Waals surface area (Å²) in [5, 5.41) is 11.6. The summed E-state index contributed by atoms with van der Waals surface area (Å²) in [6.07, 6.45) is 11.7. The number of benzene rings is 2. The number of ether oxygens (including phenoxy) is 2. The molecule has 4 aromatic rings. The third kappa shape index (κ3) is 6.72. The molecule has 4 bridgehead atoms. The lowest BCUT2D eigenvalue weighted by Crippen LogP contribution is -2.58. The van der Waals surface area contributed by atoms with Gasteiger partial charge in [0, 0.05) is 53.5 Å². The number of carbonyl (C=O) groups is 4. The van der Waals surface area contributed by atoms with Gasteiger partial charge in [-0.15, -0.1) is 6.58 Å². The molecule has 0 spiro atoms. The van der Waals surface area contributed by atoms with Crippen LogP contribution >= 0.6 is 0 Å². The van der Waals surface area contributed by atoms with E-state index in [1.54, 1.807) is 12.3 Å². The summed E-state index contributed by atoms with van der Waals surface area (Å²) >= 11 is 0. The van der Waals surface area contributed by atoms with Gasteiger partial charge in [-0.1, -0.05) is 48.6 Å². The Labute approximate surface area is 301 Å². The van der Waals surface area contributed by atoms with Crippen LogP contribution in [0.1, 0.15) is 49.7 Å². The second-order valence-corrected chi connectivity index (χ2v) is 14.3. The molecule has 3 fully saturated rings. The number of aromatic nitrogens is 2. The molecule has 2 saturated carbocycles. The number of H-pyrrole nitrogens is 1. The fraction of sp³-hybridized carbons (Fsp3) is 0.375. The number of hydrogen-bond donors (Lipinski definition) is 4. The zero-order valence-corrected chi connectivity index (χ0v) is 28.8. The minimum atomic E-state index is -1.13. The molecule has 5 atom stereocenters. The monoisotopic (exact) mass is 702 g/mol. The Bertz CT molecular complexity index is 2090. The van der Waals surface area contributed by atoms with Crippen LogP contribution < -0.4 is 20.7 Å². The van der Waals surface area contributed by atoms with Crippen LogP contribution in [0.2, 0.25) is 0 Å². The zero-order valence-electron chi connectivity index (χ0n) is 28.8. The highest BCUT2D eigenvalue weighted by molar-refractivity contribution is 5.99. The van der Waals surface area contributed by atoms with Gasteiger partial charge < -0.3 is 35.3 Å². The van der Waals surface area contributed by atoms with E-state index in [9.17, 15) is 19.2 Å². The fourth-order valence-electron chi connectivity index (χ4n) is 7.46. The summed E-state index contributed by atoms with van der Waals surface area (Å²) < 4.78 is 12.1. The molecule has 12 heteroatoms.